The third-order valence-corrected chi connectivity index (χ3v) is 3.42. The highest BCUT2D eigenvalue weighted by atomic mass is 15.2. The van der Waals surface area contributed by atoms with E-state index in [1.807, 2.05) is 0 Å². The molecule has 0 aromatic heterocycles. The van der Waals surface area contributed by atoms with Crippen molar-refractivity contribution in [2.75, 3.05) is 39.3 Å². The molecule has 4 nitrogen and oxygen atoms in total. The average molecular weight is 198 g/mol. The zero-order chi connectivity index (χ0) is 9.80. The average Bonchev–Trinajstić information content (AvgIpc) is 2.74. The summed E-state index contributed by atoms with van der Waals surface area (Å²) in [4.78, 5) is 2.54. The highest BCUT2D eigenvalue weighted by Crippen LogP contribution is 2.14. The lowest BCUT2D eigenvalue weighted by molar-refractivity contribution is 0.149. The van der Waals surface area contributed by atoms with Crippen LogP contribution in [0.25, 0.3) is 0 Å². The number of rotatable bonds is 3. The Balaban J connectivity index is 1.89. The first-order chi connectivity index (χ1) is 6.92. The van der Waals surface area contributed by atoms with Gasteiger partial charge in [-0.2, -0.15) is 0 Å². The molecule has 0 radical (unpaired) electrons. The minimum absolute atomic E-state index is 0.555. The van der Waals surface area contributed by atoms with E-state index < -0.39 is 0 Å². The molecule has 2 aliphatic heterocycles. The Bertz CT molecular complexity index is 162. The van der Waals surface area contributed by atoms with Crippen LogP contribution in [0.2, 0.25) is 0 Å². The summed E-state index contributed by atoms with van der Waals surface area (Å²) in [6.07, 6.45) is 2.61. The van der Waals surface area contributed by atoms with Crippen molar-refractivity contribution in [1.29, 1.82) is 0 Å². The van der Waals surface area contributed by atoms with Gasteiger partial charge in [-0.05, 0) is 19.4 Å². The molecule has 0 aromatic carbocycles. The second-order valence-electron chi connectivity index (χ2n) is 4.29. The minimum atomic E-state index is 0.555. The van der Waals surface area contributed by atoms with Crippen LogP contribution in [-0.2, 0) is 0 Å². The third-order valence-electron chi connectivity index (χ3n) is 3.42. The summed E-state index contributed by atoms with van der Waals surface area (Å²) in [6.45, 7) is 6.50. The quantitative estimate of drug-likeness (QED) is 0.543. The predicted molar refractivity (Wildman–Crippen MR) is 58.3 cm³/mol. The summed E-state index contributed by atoms with van der Waals surface area (Å²) in [5, 5.41) is 6.94. The molecule has 2 fully saturated rings. The fourth-order valence-corrected chi connectivity index (χ4v) is 2.62. The molecule has 0 aromatic rings. The summed E-state index contributed by atoms with van der Waals surface area (Å²) in [5.41, 5.74) is 5.88. The molecule has 2 rings (SSSR count). The van der Waals surface area contributed by atoms with Gasteiger partial charge in [0, 0.05) is 44.8 Å². The normalized spacial score (nSPS) is 31.9. The van der Waals surface area contributed by atoms with Gasteiger partial charge in [0.05, 0.1) is 0 Å². The molecule has 0 bridgehead atoms. The topological polar surface area (TPSA) is 53.3 Å². The van der Waals surface area contributed by atoms with Gasteiger partial charge in [0.2, 0.25) is 0 Å². The molecule has 2 heterocycles. The van der Waals surface area contributed by atoms with E-state index in [1.54, 1.807) is 0 Å². The summed E-state index contributed by atoms with van der Waals surface area (Å²) in [6, 6.07) is 1.19. The zero-order valence-electron chi connectivity index (χ0n) is 8.84. The first-order valence-electron chi connectivity index (χ1n) is 5.80. The Kier molecular flexibility index (Phi) is 3.75. The highest BCUT2D eigenvalue weighted by Gasteiger charge is 2.28. The van der Waals surface area contributed by atoms with Gasteiger partial charge in [0.15, 0.2) is 0 Å². The Morgan fingerprint density at radius 1 is 1.29 bits per heavy atom. The standard InChI is InChI=1S/C10H22N4/c11-8-10(9-2-1-3-13-9)14-6-4-12-5-7-14/h9-10,12-13H,1-8,11H2. The summed E-state index contributed by atoms with van der Waals surface area (Å²) in [7, 11) is 0. The van der Waals surface area contributed by atoms with Gasteiger partial charge in [-0.15, -0.1) is 0 Å². The maximum absolute atomic E-state index is 5.88. The van der Waals surface area contributed by atoms with Crippen LogP contribution in [-0.4, -0.2) is 56.3 Å². The number of hydrogen-bond acceptors (Lipinski definition) is 4. The largest absolute Gasteiger partial charge is 0.329 e. The Morgan fingerprint density at radius 3 is 2.64 bits per heavy atom. The second kappa shape index (κ2) is 5.07. The highest BCUT2D eigenvalue weighted by molar-refractivity contribution is 4.90. The van der Waals surface area contributed by atoms with Crippen LogP contribution in [0.15, 0.2) is 0 Å². The van der Waals surface area contributed by atoms with Gasteiger partial charge in [-0.25, -0.2) is 0 Å². The van der Waals surface area contributed by atoms with Crippen LogP contribution in [0, 0.1) is 0 Å². The van der Waals surface area contributed by atoms with E-state index in [4.69, 9.17) is 5.73 Å². The van der Waals surface area contributed by atoms with Crippen molar-refractivity contribution in [3.63, 3.8) is 0 Å². The van der Waals surface area contributed by atoms with Crippen molar-refractivity contribution >= 4 is 0 Å². The van der Waals surface area contributed by atoms with Gasteiger partial charge < -0.3 is 16.4 Å². The van der Waals surface area contributed by atoms with Crippen LogP contribution >= 0.6 is 0 Å². The van der Waals surface area contributed by atoms with Crippen molar-refractivity contribution in [2.45, 2.75) is 24.9 Å². The second-order valence-corrected chi connectivity index (χ2v) is 4.29. The van der Waals surface area contributed by atoms with Gasteiger partial charge in [-0.1, -0.05) is 0 Å². The molecular weight excluding hydrogens is 176 g/mol. The number of nitrogens with one attached hydrogen (secondary N) is 2. The molecule has 0 amide bonds. The molecule has 82 valence electrons. The SMILES string of the molecule is NCC(C1CCCN1)N1CCNCC1. The molecule has 2 aliphatic rings. The van der Waals surface area contributed by atoms with Crippen LogP contribution in [0.5, 0.6) is 0 Å². The summed E-state index contributed by atoms with van der Waals surface area (Å²) in [5.74, 6) is 0. The molecule has 4 heteroatoms. The Hall–Kier alpha value is -0.160. The Labute approximate surface area is 86.2 Å². The molecule has 0 spiro atoms. The van der Waals surface area contributed by atoms with Crippen molar-refractivity contribution < 1.29 is 0 Å². The maximum Gasteiger partial charge on any atom is 0.0372 e. The number of nitrogens with zero attached hydrogens (tertiary/aromatic N) is 1. The molecule has 2 unspecified atom stereocenters. The number of hydrogen-bond donors (Lipinski definition) is 3. The number of nitrogens with two attached hydrogens (primary N) is 1. The molecule has 2 saturated heterocycles. The summed E-state index contributed by atoms with van der Waals surface area (Å²) >= 11 is 0. The molecule has 2 atom stereocenters. The van der Waals surface area contributed by atoms with E-state index in [2.05, 4.69) is 15.5 Å². The first kappa shape index (κ1) is 10.4. The van der Waals surface area contributed by atoms with Crippen LogP contribution in [0.1, 0.15) is 12.8 Å². The van der Waals surface area contributed by atoms with Gasteiger partial charge in [-0.3, -0.25) is 4.90 Å². The minimum Gasteiger partial charge on any atom is -0.329 e. The van der Waals surface area contributed by atoms with Gasteiger partial charge >= 0.3 is 0 Å². The van der Waals surface area contributed by atoms with Crippen molar-refractivity contribution in [3.05, 3.63) is 0 Å². The van der Waals surface area contributed by atoms with Gasteiger partial charge in [0.1, 0.15) is 0 Å². The van der Waals surface area contributed by atoms with E-state index in [1.165, 1.54) is 19.4 Å². The molecule has 4 N–H and O–H groups in total. The molecule has 0 aliphatic carbocycles. The maximum atomic E-state index is 5.88. The van der Waals surface area contributed by atoms with Crippen molar-refractivity contribution in [2.24, 2.45) is 5.73 Å². The monoisotopic (exact) mass is 198 g/mol. The fraction of sp³-hybridized carbons (Fsp3) is 1.00. The lowest BCUT2D eigenvalue weighted by atomic mass is 10.0. The molecule has 0 saturated carbocycles. The summed E-state index contributed by atoms with van der Waals surface area (Å²) < 4.78 is 0. The molecule has 14 heavy (non-hydrogen) atoms. The van der Waals surface area contributed by atoms with Gasteiger partial charge in [0.25, 0.3) is 0 Å². The number of piperazine rings is 1. The predicted octanol–water partition coefficient (Wildman–Crippen LogP) is -1.03. The first-order valence-corrected chi connectivity index (χ1v) is 5.80. The molecular formula is C10H22N4. The van der Waals surface area contributed by atoms with Crippen molar-refractivity contribution in [3.8, 4) is 0 Å². The van der Waals surface area contributed by atoms with E-state index in [0.29, 0.717) is 12.1 Å². The lowest BCUT2D eigenvalue weighted by Gasteiger charge is -2.37. The van der Waals surface area contributed by atoms with Crippen LogP contribution in [0.4, 0.5) is 0 Å². The van der Waals surface area contributed by atoms with Crippen molar-refractivity contribution in [1.82, 2.24) is 15.5 Å². The van der Waals surface area contributed by atoms with Crippen LogP contribution < -0.4 is 16.4 Å². The van der Waals surface area contributed by atoms with Crippen LogP contribution in [0.3, 0.4) is 0 Å². The third kappa shape index (κ3) is 2.25. The zero-order valence-corrected chi connectivity index (χ0v) is 8.84. The lowest BCUT2D eigenvalue weighted by Crippen LogP contribution is -2.57. The fourth-order valence-electron chi connectivity index (χ4n) is 2.62. The van der Waals surface area contributed by atoms with E-state index >= 15 is 0 Å². The smallest absolute Gasteiger partial charge is 0.0372 e. The van der Waals surface area contributed by atoms with E-state index in [-0.39, 0.29) is 0 Å². The van der Waals surface area contributed by atoms with E-state index in [0.717, 1.165) is 32.7 Å². The Morgan fingerprint density at radius 2 is 2.07 bits per heavy atom. The van der Waals surface area contributed by atoms with E-state index in [9.17, 15) is 0 Å².